The molecule has 0 saturated carbocycles. The van der Waals surface area contributed by atoms with Gasteiger partial charge in [0, 0.05) is 0 Å². The highest BCUT2D eigenvalue weighted by Gasteiger charge is 2.27. The highest BCUT2D eigenvalue weighted by atomic mass is 15.3. The summed E-state index contributed by atoms with van der Waals surface area (Å²) >= 11 is 0. The molecule has 1 heteroatoms. The van der Waals surface area contributed by atoms with Gasteiger partial charge in [0.05, 0.1) is 26.2 Å². The molecule has 108 valence electrons. The Kier molecular flexibility index (Phi) is 7.15. The third kappa shape index (κ3) is 6.24. The van der Waals surface area contributed by atoms with Crippen molar-refractivity contribution in [1.82, 2.24) is 0 Å². The van der Waals surface area contributed by atoms with E-state index in [1.165, 1.54) is 61.8 Å². The van der Waals surface area contributed by atoms with Crippen LogP contribution in [-0.2, 0) is 0 Å². The molecule has 0 spiro atoms. The van der Waals surface area contributed by atoms with Crippen molar-refractivity contribution in [3.8, 4) is 0 Å². The lowest BCUT2D eigenvalue weighted by molar-refractivity contribution is -0.921. The molecule has 0 atom stereocenters. The Morgan fingerprint density at radius 3 is 2.26 bits per heavy atom. The Labute approximate surface area is 120 Å². The lowest BCUT2D eigenvalue weighted by Gasteiger charge is -2.40. The van der Waals surface area contributed by atoms with E-state index < -0.39 is 0 Å². The van der Waals surface area contributed by atoms with E-state index in [0.717, 1.165) is 6.54 Å². The van der Waals surface area contributed by atoms with Gasteiger partial charge < -0.3 is 4.48 Å². The Bertz CT molecular complexity index is 326. The molecule has 19 heavy (non-hydrogen) atoms. The van der Waals surface area contributed by atoms with Crippen LogP contribution in [-0.4, -0.2) is 30.7 Å². The number of rotatable bonds is 7. The molecule has 1 aliphatic rings. The number of hydrogen-bond acceptors (Lipinski definition) is 0. The summed E-state index contributed by atoms with van der Waals surface area (Å²) in [6.07, 6.45) is 13.5. The second kappa shape index (κ2) is 8.37. The Morgan fingerprint density at radius 1 is 1.00 bits per heavy atom. The van der Waals surface area contributed by atoms with Crippen molar-refractivity contribution in [2.75, 3.05) is 26.2 Å². The summed E-state index contributed by atoms with van der Waals surface area (Å²) in [5.41, 5.74) is 2.98. The molecule has 0 amide bonds. The zero-order valence-corrected chi connectivity index (χ0v) is 13.3. The zero-order chi connectivity index (χ0) is 14.1. The zero-order valence-electron chi connectivity index (χ0n) is 13.3. The van der Waals surface area contributed by atoms with Crippen molar-refractivity contribution in [3.05, 3.63) is 36.0 Å². The molecule has 0 unspecified atom stereocenters. The van der Waals surface area contributed by atoms with E-state index in [4.69, 9.17) is 0 Å². The van der Waals surface area contributed by atoms with Crippen molar-refractivity contribution < 1.29 is 4.48 Å². The second-order valence-electron chi connectivity index (χ2n) is 6.37. The van der Waals surface area contributed by atoms with Crippen LogP contribution in [0.2, 0.25) is 0 Å². The molecule has 0 bridgehead atoms. The Hall–Kier alpha value is -0.820. The molecule has 0 aromatic carbocycles. The Morgan fingerprint density at radius 2 is 1.68 bits per heavy atom. The van der Waals surface area contributed by atoms with E-state index in [1.807, 2.05) is 0 Å². The van der Waals surface area contributed by atoms with E-state index >= 15 is 0 Å². The van der Waals surface area contributed by atoms with E-state index in [2.05, 4.69) is 45.6 Å². The van der Waals surface area contributed by atoms with Crippen LogP contribution >= 0.6 is 0 Å². The molecule has 0 aromatic heterocycles. The fraction of sp³-hybridized carbons (Fsp3) is 0.667. The number of piperidine rings is 1. The minimum Gasteiger partial charge on any atom is -0.317 e. The van der Waals surface area contributed by atoms with Gasteiger partial charge >= 0.3 is 0 Å². The normalized spacial score (nSPS) is 19.0. The number of nitrogens with zero attached hydrogens (tertiary/aromatic N) is 1. The maximum atomic E-state index is 3.95. The predicted octanol–water partition coefficient (Wildman–Crippen LogP) is 4.87. The maximum Gasteiger partial charge on any atom is 0.0978 e. The predicted molar refractivity (Wildman–Crippen MR) is 86.2 cm³/mol. The van der Waals surface area contributed by atoms with E-state index in [-0.39, 0.29) is 0 Å². The molecule has 1 fully saturated rings. The lowest BCUT2D eigenvalue weighted by atomic mass is 10.1. The summed E-state index contributed by atoms with van der Waals surface area (Å²) < 4.78 is 1.24. The molecule has 1 rings (SSSR count). The highest BCUT2D eigenvalue weighted by molar-refractivity contribution is 5.02. The van der Waals surface area contributed by atoms with Gasteiger partial charge in [-0.3, -0.25) is 0 Å². The third-order valence-corrected chi connectivity index (χ3v) is 4.20. The number of hydrogen-bond donors (Lipinski definition) is 0. The van der Waals surface area contributed by atoms with Crippen LogP contribution in [0.3, 0.4) is 0 Å². The van der Waals surface area contributed by atoms with Gasteiger partial charge in [-0.2, -0.15) is 0 Å². The summed E-state index contributed by atoms with van der Waals surface area (Å²) in [4.78, 5) is 0. The monoisotopic (exact) mass is 262 g/mol. The average molecular weight is 262 g/mol. The summed E-state index contributed by atoms with van der Waals surface area (Å²) in [6.45, 7) is 15.6. The summed E-state index contributed by atoms with van der Waals surface area (Å²) in [5.74, 6) is 0. The highest BCUT2D eigenvalue weighted by Crippen LogP contribution is 2.20. The maximum absolute atomic E-state index is 3.95. The molecule has 1 heterocycles. The fourth-order valence-electron chi connectivity index (χ4n) is 2.94. The van der Waals surface area contributed by atoms with Gasteiger partial charge in [0.1, 0.15) is 0 Å². The van der Waals surface area contributed by atoms with Gasteiger partial charge in [0.15, 0.2) is 0 Å². The van der Waals surface area contributed by atoms with Gasteiger partial charge in [-0.15, -0.1) is 0 Å². The SMILES string of the molecule is C=CC[N+]1(CC=C(C)CCC=C(C)C)CCCCC1. The summed E-state index contributed by atoms with van der Waals surface area (Å²) in [6, 6.07) is 0. The minimum absolute atomic E-state index is 1.14. The molecule has 0 aromatic rings. The van der Waals surface area contributed by atoms with E-state index in [1.54, 1.807) is 5.57 Å². The first-order valence-electron chi connectivity index (χ1n) is 7.83. The van der Waals surface area contributed by atoms with Crippen LogP contribution in [0, 0.1) is 0 Å². The fourth-order valence-corrected chi connectivity index (χ4v) is 2.94. The van der Waals surface area contributed by atoms with Crippen LogP contribution in [0.5, 0.6) is 0 Å². The first-order chi connectivity index (χ1) is 9.08. The van der Waals surface area contributed by atoms with Gasteiger partial charge in [-0.1, -0.05) is 23.8 Å². The van der Waals surface area contributed by atoms with Gasteiger partial charge in [0.2, 0.25) is 0 Å². The van der Waals surface area contributed by atoms with Crippen molar-refractivity contribution in [2.24, 2.45) is 0 Å². The molecule has 1 nitrogen and oxygen atoms in total. The minimum atomic E-state index is 1.14. The smallest absolute Gasteiger partial charge is 0.0978 e. The van der Waals surface area contributed by atoms with E-state index in [0.29, 0.717) is 0 Å². The van der Waals surface area contributed by atoms with Crippen LogP contribution in [0.4, 0.5) is 0 Å². The van der Waals surface area contributed by atoms with Gasteiger partial charge in [-0.25, -0.2) is 0 Å². The molecule has 0 radical (unpaired) electrons. The summed E-state index contributed by atoms with van der Waals surface area (Å²) in [7, 11) is 0. The largest absolute Gasteiger partial charge is 0.317 e. The van der Waals surface area contributed by atoms with Crippen molar-refractivity contribution in [1.29, 1.82) is 0 Å². The molecule has 0 N–H and O–H groups in total. The third-order valence-electron chi connectivity index (χ3n) is 4.20. The topological polar surface area (TPSA) is 0 Å². The van der Waals surface area contributed by atoms with Gasteiger partial charge in [-0.05, 0) is 65.0 Å². The molecular weight excluding hydrogens is 230 g/mol. The number of allylic oxidation sites excluding steroid dienone is 3. The van der Waals surface area contributed by atoms with Crippen LogP contribution in [0.25, 0.3) is 0 Å². The van der Waals surface area contributed by atoms with Crippen LogP contribution < -0.4 is 0 Å². The first kappa shape index (κ1) is 16.2. The van der Waals surface area contributed by atoms with Crippen LogP contribution in [0.1, 0.15) is 52.9 Å². The second-order valence-corrected chi connectivity index (χ2v) is 6.37. The number of quaternary nitrogens is 1. The molecule has 1 aliphatic heterocycles. The summed E-state index contributed by atoms with van der Waals surface area (Å²) in [5, 5.41) is 0. The van der Waals surface area contributed by atoms with Crippen molar-refractivity contribution in [3.63, 3.8) is 0 Å². The molecule has 0 aliphatic carbocycles. The molecule has 1 saturated heterocycles. The van der Waals surface area contributed by atoms with E-state index in [9.17, 15) is 0 Å². The lowest BCUT2D eigenvalue weighted by Crippen LogP contribution is -2.51. The van der Waals surface area contributed by atoms with Gasteiger partial charge in [0.25, 0.3) is 0 Å². The first-order valence-corrected chi connectivity index (χ1v) is 7.83. The number of likely N-dealkylation sites (tertiary alicyclic amines) is 1. The average Bonchev–Trinajstić information content (AvgIpc) is 2.38. The quantitative estimate of drug-likeness (QED) is 0.454. The van der Waals surface area contributed by atoms with Crippen LogP contribution in [0.15, 0.2) is 36.0 Å². The van der Waals surface area contributed by atoms with Crippen molar-refractivity contribution in [2.45, 2.75) is 52.9 Å². The standard InChI is InChI=1S/C18H32N/c1-5-13-19(14-7-6-8-15-19)16-12-18(4)11-9-10-17(2)3/h5,10,12H,1,6-9,11,13-16H2,2-4H3/q+1. The molecular formula is C18H32N+. The van der Waals surface area contributed by atoms with Crippen molar-refractivity contribution >= 4 is 0 Å². The Balaban J connectivity index is 2.49.